The minimum absolute atomic E-state index is 0.0320. The molecule has 23 heavy (non-hydrogen) atoms. The maximum atomic E-state index is 13.0. The molecule has 1 amide bonds. The van der Waals surface area contributed by atoms with Crippen molar-refractivity contribution in [3.63, 3.8) is 0 Å². The van der Waals surface area contributed by atoms with Crippen molar-refractivity contribution in [2.24, 2.45) is 5.92 Å². The summed E-state index contributed by atoms with van der Waals surface area (Å²) < 4.78 is 1.40. The number of aromatic nitrogens is 2. The zero-order valence-electron chi connectivity index (χ0n) is 14.6. The summed E-state index contributed by atoms with van der Waals surface area (Å²) in [6, 6.07) is 3.35. The van der Waals surface area contributed by atoms with Crippen molar-refractivity contribution in [2.45, 2.75) is 71.9 Å². The Balaban J connectivity index is 2.25. The summed E-state index contributed by atoms with van der Waals surface area (Å²) in [5.74, 6) is 0.387. The first kappa shape index (κ1) is 17.7. The van der Waals surface area contributed by atoms with E-state index in [0.29, 0.717) is 24.2 Å². The van der Waals surface area contributed by atoms with Crippen molar-refractivity contribution in [2.75, 3.05) is 6.54 Å². The zero-order chi connectivity index (χ0) is 16.8. The van der Waals surface area contributed by atoms with Gasteiger partial charge in [-0.2, -0.15) is 5.10 Å². The van der Waals surface area contributed by atoms with Crippen LogP contribution in [-0.2, 0) is 6.54 Å². The van der Waals surface area contributed by atoms with Gasteiger partial charge in [0.15, 0.2) is 0 Å². The van der Waals surface area contributed by atoms with Crippen LogP contribution in [0.2, 0.25) is 0 Å². The van der Waals surface area contributed by atoms with Crippen LogP contribution in [0.15, 0.2) is 16.9 Å². The highest BCUT2D eigenvalue weighted by Crippen LogP contribution is 2.24. The lowest BCUT2D eigenvalue weighted by Crippen LogP contribution is -2.44. The largest absolute Gasteiger partial charge is 0.334 e. The monoisotopic (exact) mass is 319 g/mol. The Labute approximate surface area is 138 Å². The molecule has 1 aliphatic carbocycles. The van der Waals surface area contributed by atoms with Crippen LogP contribution in [-0.4, -0.2) is 33.2 Å². The van der Waals surface area contributed by atoms with E-state index in [0.717, 1.165) is 25.8 Å². The molecule has 2 rings (SSSR count). The molecule has 1 aliphatic rings. The number of carbonyl (C=O) groups excluding carboxylic acids is 1. The van der Waals surface area contributed by atoms with Crippen LogP contribution in [0.4, 0.5) is 0 Å². The van der Waals surface area contributed by atoms with Gasteiger partial charge in [0, 0.05) is 25.2 Å². The van der Waals surface area contributed by atoms with E-state index in [4.69, 9.17) is 0 Å². The molecule has 0 saturated heterocycles. The lowest BCUT2D eigenvalue weighted by Gasteiger charge is -2.35. The first-order valence-electron chi connectivity index (χ1n) is 8.92. The van der Waals surface area contributed by atoms with Crippen LogP contribution >= 0.6 is 0 Å². The molecular formula is C18H29N3O2. The van der Waals surface area contributed by atoms with E-state index in [1.807, 2.05) is 11.8 Å². The minimum Gasteiger partial charge on any atom is -0.334 e. The molecule has 0 radical (unpaired) electrons. The smallest absolute Gasteiger partial charge is 0.274 e. The molecule has 1 saturated carbocycles. The topological polar surface area (TPSA) is 55.2 Å². The molecule has 0 unspecified atom stereocenters. The van der Waals surface area contributed by atoms with Crippen molar-refractivity contribution in [1.29, 1.82) is 0 Å². The number of rotatable bonds is 6. The molecule has 0 bridgehead atoms. The van der Waals surface area contributed by atoms with Gasteiger partial charge in [-0.05, 0) is 31.2 Å². The predicted molar refractivity (Wildman–Crippen MR) is 91.5 cm³/mol. The molecule has 0 N–H and O–H groups in total. The van der Waals surface area contributed by atoms with Crippen LogP contribution in [0.25, 0.3) is 0 Å². The molecule has 1 heterocycles. The summed E-state index contributed by atoms with van der Waals surface area (Å²) >= 11 is 0. The Hall–Kier alpha value is -1.65. The molecule has 0 aromatic carbocycles. The molecule has 0 spiro atoms. The third-order valence-electron chi connectivity index (χ3n) is 4.36. The molecule has 1 fully saturated rings. The van der Waals surface area contributed by atoms with Crippen molar-refractivity contribution in [1.82, 2.24) is 14.7 Å². The highest BCUT2D eigenvalue weighted by atomic mass is 16.2. The van der Waals surface area contributed by atoms with Crippen molar-refractivity contribution >= 4 is 5.91 Å². The Morgan fingerprint density at radius 2 is 2.00 bits per heavy atom. The maximum Gasteiger partial charge on any atom is 0.274 e. The van der Waals surface area contributed by atoms with E-state index in [-0.39, 0.29) is 11.5 Å². The minimum atomic E-state index is -0.142. The van der Waals surface area contributed by atoms with Gasteiger partial charge < -0.3 is 4.90 Å². The molecule has 1 aromatic rings. The van der Waals surface area contributed by atoms with Crippen molar-refractivity contribution < 1.29 is 4.79 Å². The second kappa shape index (κ2) is 8.27. The van der Waals surface area contributed by atoms with E-state index in [9.17, 15) is 9.59 Å². The van der Waals surface area contributed by atoms with Gasteiger partial charge >= 0.3 is 0 Å². The molecule has 0 atom stereocenters. The highest BCUT2D eigenvalue weighted by Gasteiger charge is 2.27. The Kier molecular flexibility index (Phi) is 6.37. The summed E-state index contributed by atoms with van der Waals surface area (Å²) in [6.45, 7) is 7.56. The first-order chi connectivity index (χ1) is 11.0. The lowest BCUT2D eigenvalue weighted by molar-refractivity contribution is 0.0595. The summed E-state index contributed by atoms with van der Waals surface area (Å²) in [6.07, 6.45) is 6.62. The average molecular weight is 319 g/mol. The quantitative estimate of drug-likeness (QED) is 0.809. The summed E-state index contributed by atoms with van der Waals surface area (Å²) in [5, 5.41) is 4.30. The summed E-state index contributed by atoms with van der Waals surface area (Å²) in [7, 11) is 0. The number of nitrogens with zero attached hydrogens (tertiary/aromatic N) is 3. The summed E-state index contributed by atoms with van der Waals surface area (Å²) in [5.41, 5.74) is 0.251. The van der Waals surface area contributed by atoms with Crippen LogP contribution in [0.3, 0.4) is 0 Å². The second-order valence-electron chi connectivity index (χ2n) is 6.92. The molecule has 1 aromatic heterocycles. The summed E-state index contributed by atoms with van der Waals surface area (Å²) in [4.78, 5) is 26.8. The fourth-order valence-electron chi connectivity index (χ4n) is 3.27. The van der Waals surface area contributed by atoms with E-state index >= 15 is 0 Å². The van der Waals surface area contributed by atoms with E-state index < -0.39 is 0 Å². The maximum absolute atomic E-state index is 13.0. The van der Waals surface area contributed by atoms with Gasteiger partial charge in [-0.25, -0.2) is 4.68 Å². The zero-order valence-corrected chi connectivity index (χ0v) is 14.6. The standard InChI is InChI=1S/C18H29N3O2/c1-4-12-21-17(22)11-10-16(19-21)18(23)20(13-14(2)3)15-8-6-5-7-9-15/h10-11,14-15H,4-9,12-13H2,1-3H3. The van der Waals surface area contributed by atoms with E-state index in [1.54, 1.807) is 6.07 Å². The number of amides is 1. The fraction of sp³-hybridized carbons (Fsp3) is 0.722. The van der Waals surface area contributed by atoms with Crippen molar-refractivity contribution in [3.8, 4) is 0 Å². The second-order valence-corrected chi connectivity index (χ2v) is 6.92. The molecule has 5 heteroatoms. The molecule has 5 nitrogen and oxygen atoms in total. The molecular weight excluding hydrogens is 290 g/mol. The highest BCUT2D eigenvalue weighted by molar-refractivity contribution is 5.92. The third-order valence-corrected chi connectivity index (χ3v) is 4.36. The van der Waals surface area contributed by atoms with Crippen LogP contribution in [0.1, 0.15) is 69.8 Å². The van der Waals surface area contributed by atoms with Crippen LogP contribution in [0.5, 0.6) is 0 Å². The number of carbonyl (C=O) groups is 1. The first-order valence-corrected chi connectivity index (χ1v) is 8.92. The van der Waals surface area contributed by atoms with Gasteiger partial charge in [-0.3, -0.25) is 9.59 Å². The Bertz CT molecular complexity index is 574. The predicted octanol–water partition coefficient (Wildman–Crippen LogP) is 3.08. The van der Waals surface area contributed by atoms with Crippen LogP contribution in [0, 0.1) is 5.92 Å². The third kappa shape index (κ3) is 4.66. The number of aryl methyl sites for hydroxylation is 1. The normalized spacial score (nSPS) is 15.8. The Morgan fingerprint density at radius 1 is 1.30 bits per heavy atom. The van der Waals surface area contributed by atoms with Gasteiger partial charge in [0.1, 0.15) is 5.69 Å². The molecule has 0 aliphatic heterocycles. The molecule has 128 valence electrons. The van der Waals surface area contributed by atoms with Crippen molar-refractivity contribution in [3.05, 3.63) is 28.2 Å². The van der Waals surface area contributed by atoms with Gasteiger partial charge in [0.25, 0.3) is 11.5 Å². The number of hydrogen-bond donors (Lipinski definition) is 0. The van der Waals surface area contributed by atoms with Gasteiger partial charge in [0.05, 0.1) is 0 Å². The fourth-order valence-corrected chi connectivity index (χ4v) is 3.27. The van der Waals surface area contributed by atoms with Gasteiger partial charge in [-0.1, -0.05) is 40.0 Å². The Morgan fingerprint density at radius 3 is 2.61 bits per heavy atom. The van der Waals surface area contributed by atoms with Gasteiger partial charge in [0.2, 0.25) is 0 Å². The van der Waals surface area contributed by atoms with E-state index in [2.05, 4.69) is 18.9 Å². The lowest BCUT2D eigenvalue weighted by atomic mass is 9.93. The van der Waals surface area contributed by atoms with Crippen LogP contribution < -0.4 is 5.56 Å². The van der Waals surface area contributed by atoms with E-state index in [1.165, 1.54) is 30.0 Å². The average Bonchev–Trinajstić information content (AvgIpc) is 2.55. The number of hydrogen-bond acceptors (Lipinski definition) is 3. The van der Waals surface area contributed by atoms with Gasteiger partial charge in [-0.15, -0.1) is 0 Å². The SMILES string of the molecule is CCCn1nc(C(=O)N(CC(C)C)C2CCCCC2)ccc1=O.